The van der Waals surface area contributed by atoms with E-state index in [0.717, 1.165) is 68.2 Å². The molecule has 0 aromatic carbocycles. The summed E-state index contributed by atoms with van der Waals surface area (Å²) in [6.45, 7) is 1.32. The Balaban J connectivity index is 1.58. The largest absolute Gasteiger partial charge is 0.376 e. The van der Waals surface area contributed by atoms with E-state index < -0.39 is 0 Å². The van der Waals surface area contributed by atoms with Crippen LogP contribution in [0.1, 0.15) is 55.4 Å². The maximum Gasteiger partial charge on any atom is 0.263 e. The van der Waals surface area contributed by atoms with Crippen LogP contribution in [0.5, 0.6) is 0 Å². The van der Waals surface area contributed by atoms with E-state index in [1.54, 1.807) is 11.3 Å². The van der Waals surface area contributed by atoms with Gasteiger partial charge in [0.05, 0.1) is 23.3 Å². The standard InChI is InChI=1S/C20H24N2O3S2/c23-14-7-1-2-8-16(14)27-20-21-18-17(13-6-3-9-15(13)26-18)19(24)22(20)11-12-5-4-10-25-12/h12,16H,1-11H2/t12-,16-/m1/s1. The number of aryl methyl sites for hydroxylation is 2. The van der Waals surface area contributed by atoms with Crippen LogP contribution >= 0.6 is 23.1 Å². The molecular formula is C20H24N2O3S2. The molecule has 5 nitrogen and oxygen atoms in total. The lowest BCUT2D eigenvalue weighted by molar-refractivity contribution is -0.119. The number of nitrogens with zero attached hydrogens (tertiary/aromatic N) is 2. The summed E-state index contributed by atoms with van der Waals surface area (Å²) in [6, 6.07) is 0. The van der Waals surface area contributed by atoms with Gasteiger partial charge in [-0.3, -0.25) is 14.2 Å². The molecule has 2 aromatic rings. The molecular weight excluding hydrogens is 380 g/mol. The number of hydrogen-bond acceptors (Lipinski definition) is 6. The van der Waals surface area contributed by atoms with Gasteiger partial charge < -0.3 is 4.74 Å². The van der Waals surface area contributed by atoms with Crippen LogP contribution in [0.2, 0.25) is 0 Å². The number of rotatable bonds is 4. The highest BCUT2D eigenvalue weighted by atomic mass is 32.2. The predicted molar refractivity (Wildman–Crippen MR) is 108 cm³/mol. The number of aromatic nitrogens is 2. The summed E-state index contributed by atoms with van der Waals surface area (Å²) in [5.41, 5.74) is 1.29. The van der Waals surface area contributed by atoms with Gasteiger partial charge in [0.1, 0.15) is 10.6 Å². The van der Waals surface area contributed by atoms with Crippen molar-refractivity contribution in [3.8, 4) is 0 Å². The van der Waals surface area contributed by atoms with E-state index >= 15 is 0 Å². The lowest BCUT2D eigenvalue weighted by atomic mass is 9.99. The van der Waals surface area contributed by atoms with Gasteiger partial charge in [-0.1, -0.05) is 18.2 Å². The molecule has 0 N–H and O–H groups in total. The molecule has 3 aliphatic rings. The normalized spacial score (nSPS) is 25.4. The first-order valence-electron chi connectivity index (χ1n) is 10.1. The lowest BCUT2D eigenvalue weighted by Gasteiger charge is -2.22. The number of ether oxygens (including phenoxy) is 1. The second kappa shape index (κ2) is 7.33. The second-order valence-corrected chi connectivity index (χ2v) is 10.1. The van der Waals surface area contributed by atoms with Crippen molar-refractivity contribution in [2.24, 2.45) is 0 Å². The molecule has 2 aromatic heterocycles. The van der Waals surface area contributed by atoms with Crippen molar-refractivity contribution in [3.63, 3.8) is 0 Å². The van der Waals surface area contributed by atoms with E-state index in [4.69, 9.17) is 9.72 Å². The fraction of sp³-hybridized carbons (Fsp3) is 0.650. The molecule has 0 bridgehead atoms. The van der Waals surface area contributed by atoms with Crippen LogP contribution in [-0.2, 0) is 28.9 Å². The molecule has 7 heteroatoms. The number of Topliss-reactive ketones (excluding diaryl/α,β-unsaturated/α-hetero) is 1. The second-order valence-electron chi connectivity index (χ2n) is 7.80. The van der Waals surface area contributed by atoms with Gasteiger partial charge in [-0.2, -0.15) is 0 Å². The molecule has 1 aliphatic heterocycles. The Morgan fingerprint density at radius 3 is 2.85 bits per heavy atom. The van der Waals surface area contributed by atoms with Crippen molar-refractivity contribution >= 4 is 39.1 Å². The third kappa shape index (κ3) is 3.28. The molecule has 144 valence electrons. The first-order chi connectivity index (χ1) is 13.2. The van der Waals surface area contributed by atoms with E-state index in [1.807, 2.05) is 4.57 Å². The van der Waals surface area contributed by atoms with E-state index in [2.05, 4.69) is 0 Å². The fourth-order valence-electron chi connectivity index (χ4n) is 4.50. The average molecular weight is 405 g/mol. The monoisotopic (exact) mass is 404 g/mol. The summed E-state index contributed by atoms with van der Waals surface area (Å²) in [5.74, 6) is 0.304. The third-order valence-corrected chi connectivity index (χ3v) is 8.44. The summed E-state index contributed by atoms with van der Waals surface area (Å²) in [5, 5.41) is 1.47. The Kier molecular flexibility index (Phi) is 4.86. The Labute approximate surface area is 166 Å². The molecule has 5 rings (SSSR count). The highest BCUT2D eigenvalue weighted by Crippen LogP contribution is 2.37. The maximum absolute atomic E-state index is 13.5. The highest BCUT2D eigenvalue weighted by molar-refractivity contribution is 8.00. The molecule has 1 saturated carbocycles. The average Bonchev–Trinajstić information content (AvgIpc) is 3.37. The zero-order valence-electron chi connectivity index (χ0n) is 15.4. The molecule has 0 radical (unpaired) electrons. The number of thiophene rings is 1. The third-order valence-electron chi connectivity index (χ3n) is 5.95. The van der Waals surface area contributed by atoms with Crippen molar-refractivity contribution in [1.29, 1.82) is 0 Å². The summed E-state index contributed by atoms with van der Waals surface area (Å²) in [4.78, 5) is 32.9. The van der Waals surface area contributed by atoms with E-state index in [9.17, 15) is 9.59 Å². The molecule has 3 heterocycles. The molecule has 2 atom stereocenters. The zero-order valence-corrected chi connectivity index (χ0v) is 17.0. The molecule has 0 spiro atoms. The maximum atomic E-state index is 13.5. The summed E-state index contributed by atoms with van der Waals surface area (Å²) >= 11 is 3.18. The molecule has 0 amide bonds. The summed E-state index contributed by atoms with van der Waals surface area (Å²) < 4.78 is 7.62. The quantitative estimate of drug-likeness (QED) is 0.727. The SMILES string of the molecule is O=C1CCCC[C@H]1Sc1nc2sc3c(c2c(=O)n1C[C@H]1CCCO1)CCC3. The van der Waals surface area contributed by atoms with Crippen molar-refractivity contribution in [3.05, 3.63) is 20.8 Å². The minimum atomic E-state index is -0.0642. The van der Waals surface area contributed by atoms with Gasteiger partial charge in [0.2, 0.25) is 0 Å². The summed E-state index contributed by atoms with van der Waals surface area (Å²) in [6.07, 6.45) is 8.90. The minimum absolute atomic E-state index is 0.0642. The van der Waals surface area contributed by atoms with Gasteiger partial charge in [-0.05, 0) is 50.5 Å². The van der Waals surface area contributed by atoms with Crippen molar-refractivity contribution in [2.75, 3.05) is 6.61 Å². The molecule has 2 aliphatic carbocycles. The molecule has 2 fully saturated rings. The Morgan fingerprint density at radius 2 is 2.04 bits per heavy atom. The number of ketones is 1. The van der Waals surface area contributed by atoms with Crippen molar-refractivity contribution in [1.82, 2.24) is 9.55 Å². The Morgan fingerprint density at radius 1 is 1.11 bits per heavy atom. The van der Waals surface area contributed by atoms with Crippen molar-refractivity contribution in [2.45, 2.75) is 80.8 Å². The first-order valence-corrected chi connectivity index (χ1v) is 11.8. The van der Waals surface area contributed by atoms with Gasteiger partial charge in [0.15, 0.2) is 5.16 Å². The number of carbonyl (C=O) groups excluding carboxylic acids is 1. The van der Waals surface area contributed by atoms with Crippen LogP contribution in [0, 0.1) is 0 Å². The van der Waals surface area contributed by atoms with Crippen LogP contribution in [0.25, 0.3) is 10.2 Å². The predicted octanol–water partition coefficient (Wildman–Crippen LogP) is 3.73. The topological polar surface area (TPSA) is 61.2 Å². The molecule has 27 heavy (non-hydrogen) atoms. The van der Waals surface area contributed by atoms with Gasteiger partial charge in [0, 0.05) is 17.9 Å². The Bertz CT molecular complexity index is 943. The van der Waals surface area contributed by atoms with E-state index in [-0.39, 0.29) is 16.9 Å². The summed E-state index contributed by atoms with van der Waals surface area (Å²) in [7, 11) is 0. The number of hydrogen-bond donors (Lipinski definition) is 0. The molecule has 0 unspecified atom stereocenters. The lowest BCUT2D eigenvalue weighted by Crippen LogP contribution is -2.30. The van der Waals surface area contributed by atoms with Crippen LogP contribution < -0.4 is 5.56 Å². The zero-order chi connectivity index (χ0) is 18.4. The molecule has 1 saturated heterocycles. The van der Waals surface area contributed by atoms with Crippen LogP contribution in [0.3, 0.4) is 0 Å². The van der Waals surface area contributed by atoms with E-state index in [0.29, 0.717) is 23.9 Å². The van der Waals surface area contributed by atoms with Gasteiger partial charge in [-0.15, -0.1) is 11.3 Å². The smallest absolute Gasteiger partial charge is 0.263 e. The van der Waals surface area contributed by atoms with Gasteiger partial charge in [-0.25, -0.2) is 4.98 Å². The Hall–Kier alpha value is -1.18. The van der Waals surface area contributed by atoms with Crippen LogP contribution in [0.4, 0.5) is 0 Å². The van der Waals surface area contributed by atoms with Gasteiger partial charge in [0.25, 0.3) is 5.56 Å². The first kappa shape index (κ1) is 17.9. The van der Waals surface area contributed by atoms with Gasteiger partial charge >= 0.3 is 0 Å². The van der Waals surface area contributed by atoms with Crippen LogP contribution in [-0.4, -0.2) is 33.3 Å². The number of thioether (sulfide) groups is 1. The number of fused-ring (bicyclic) bond motifs is 3. The van der Waals surface area contributed by atoms with E-state index in [1.165, 1.54) is 22.2 Å². The fourth-order valence-corrected chi connectivity index (χ4v) is 7.03. The van der Waals surface area contributed by atoms with Crippen LogP contribution in [0.15, 0.2) is 9.95 Å². The minimum Gasteiger partial charge on any atom is -0.376 e. The number of carbonyl (C=O) groups is 1. The van der Waals surface area contributed by atoms with Crippen molar-refractivity contribution < 1.29 is 9.53 Å². The highest BCUT2D eigenvalue weighted by Gasteiger charge is 2.29.